The number of rotatable bonds is 6. The van der Waals surface area contributed by atoms with Crippen molar-refractivity contribution in [3.8, 4) is 0 Å². The molecule has 19 heavy (non-hydrogen) atoms. The summed E-state index contributed by atoms with van der Waals surface area (Å²) in [7, 11) is 0. The number of carboxylic acids is 1. The molecule has 102 valence electrons. The average molecular weight is 264 g/mol. The van der Waals surface area contributed by atoms with Crippen molar-refractivity contribution in [3.05, 3.63) is 34.2 Å². The van der Waals surface area contributed by atoms with Crippen LogP contribution in [0.5, 0.6) is 0 Å². The SMILES string of the molecule is NC(CCNCc1ccc2[nH]c(=O)[nH]c2c1)C(=O)O. The summed E-state index contributed by atoms with van der Waals surface area (Å²) >= 11 is 0. The minimum Gasteiger partial charge on any atom is -0.480 e. The van der Waals surface area contributed by atoms with E-state index in [1.165, 1.54) is 0 Å². The maximum absolute atomic E-state index is 11.1. The zero-order valence-corrected chi connectivity index (χ0v) is 10.3. The monoisotopic (exact) mass is 264 g/mol. The summed E-state index contributed by atoms with van der Waals surface area (Å²) in [5, 5.41) is 11.7. The number of hydrogen-bond acceptors (Lipinski definition) is 4. The minimum atomic E-state index is -0.992. The van der Waals surface area contributed by atoms with E-state index in [2.05, 4.69) is 15.3 Å². The lowest BCUT2D eigenvalue weighted by atomic mass is 10.2. The molecule has 2 rings (SSSR count). The van der Waals surface area contributed by atoms with Crippen molar-refractivity contribution in [2.45, 2.75) is 19.0 Å². The Morgan fingerprint density at radius 3 is 2.84 bits per heavy atom. The van der Waals surface area contributed by atoms with E-state index in [1.54, 1.807) is 0 Å². The van der Waals surface area contributed by atoms with Gasteiger partial charge in [-0.25, -0.2) is 4.79 Å². The standard InChI is InChI=1S/C12H16N4O3/c13-8(11(17)18)3-4-14-6-7-1-2-9-10(5-7)16-12(19)15-9/h1-2,5,8,14H,3-4,6,13H2,(H,17,18)(H2,15,16,19). The Balaban J connectivity index is 1.88. The summed E-state index contributed by atoms with van der Waals surface area (Å²) < 4.78 is 0. The fourth-order valence-corrected chi connectivity index (χ4v) is 1.80. The number of aromatic amines is 2. The highest BCUT2D eigenvalue weighted by Gasteiger charge is 2.09. The number of H-pyrrole nitrogens is 2. The minimum absolute atomic E-state index is 0.229. The van der Waals surface area contributed by atoms with Crippen LogP contribution in [0.15, 0.2) is 23.0 Å². The topological polar surface area (TPSA) is 124 Å². The highest BCUT2D eigenvalue weighted by molar-refractivity contribution is 5.75. The zero-order chi connectivity index (χ0) is 13.8. The van der Waals surface area contributed by atoms with Crippen LogP contribution in [-0.2, 0) is 11.3 Å². The Kier molecular flexibility index (Phi) is 3.98. The quantitative estimate of drug-likeness (QED) is 0.460. The smallest absolute Gasteiger partial charge is 0.323 e. The van der Waals surface area contributed by atoms with Gasteiger partial charge in [0.25, 0.3) is 0 Å². The lowest BCUT2D eigenvalue weighted by molar-refractivity contribution is -0.138. The number of fused-ring (bicyclic) bond motifs is 1. The van der Waals surface area contributed by atoms with Gasteiger partial charge in [0.2, 0.25) is 0 Å². The van der Waals surface area contributed by atoms with E-state index in [1.807, 2.05) is 18.2 Å². The average Bonchev–Trinajstić information content (AvgIpc) is 2.73. The highest BCUT2D eigenvalue weighted by Crippen LogP contribution is 2.09. The fraction of sp³-hybridized carbons (Fsp3) is 0.333. The number of imidazole rings is 1. The van der Waals surface area contributed by atoms with E-state index in [9.17, 15) is 9.59 Å². The van der Waals surface area contributed by atoms with Gasteiger partial charge in [-0.1, -0.05) is 6.07 Å². The first kappa shape index (κ1) is 13.3. The number of nitrogens with one attached hydrogen (secondary N) is 3. The van der Waals surface area contributed by atoms with Crippen molar-refractivity contribution in [2.24, 2.45) is 5.73 Å². The highest BCUT2D eigenvalue weighted by atomic mass is 16.4. The molecule has 1 aromatic heterocycles. The number of carbonyl (C=O) groups is 1. The van der Waals surface area contributed by atoms with Gasteiger partial charge >= 0.3 is 11.7 Å². The van der Waals surface area contributed by atoms with Crippen molar-refractivity contribution in [1.82, 2.24) is 15.3 Å². The third kappa shape index (κ3) is 3.43. The molecule has 7 heteroatoms. The van der Waals surface area contributed by atoms with Crippen molar-refractivity contribution in [3.63, 3.8) is 0 Å². The second-order valence-electron chi connectivity index (χ2n) is 4.37. The molecule has 0 aliphatic heterocycles. The van der Waals surface area contributed by atoms with Gasteiger partial charge in [-0.05, 0) is 30.7 Å². The van der Waals surface area contributed by atoms with Crippen LogP contribution < -0.4 is 16.7 Å². The molecule has 6 N–H and O–H groups in total. The van der Waals surface area contributed by atoms with Crippen molar-refractivity contribution >= 4 is 17.0 Å². The predicted octanol–water partition coefficient (Wildman–Crippen LogP) is -0.252. The molecule has 0 saturated heterocycles. The molecule has 0 amide bonds. The van der Waals surface area contributed by atoms with Crippen LogP contribution in [0.4, 0.5) is 0 Å². The van der Waals surface area contributed by atoms with Crippen LogP contribution in [0.2, 0.25) is 0 Å². The molecule has 7 nitrogen and oxygen atoms in total. The Labute approximate surface area is 108 Å². The summed E-state index contributed by atoms with van der Waals surface area (Å²) in [6.45, 7) is 1.12. The van der Waals surface area contributed by atoms with Gasteiger partial charge in [0.05, 0.1) is 11.0 Å². The molecule has 0 radical (unpaired) electrons. The summed E-state index contributed by atoms with van der Waals surface area (Å²) in [6, 6.07) is 4.76. The zero-order valence-electron chi connectivity index (χ0n) is 10.3. The van der Waals surface area contributed by atoms with Crippen LogP contribution in [0.25, 0.3) is 11.0 Å². The van der Waals surface area contributed by atoms with Crippen LogP contribution in [0, 0.1) is 0 Å². The molecule has 0 aliphatic rings. The van der Waals surface area contributed by atoms with E-state index in [0.717, 1.165) is 16.6 Å². The first-order chi connectivity index (χ1) is 9.06. The van der Waals surface area contributed by atoms with Gasteiger partial charge in [-0.2, -0.15) is 0 Å². The van der Waals surface area contributed by atoms with E-state index in [0.29, 0.717) is 19.5 Å². The van der Waals surface area contributed by atoms with Crippen LogP contribution in [-0.4, -0.2) is 33.6 Å². The van der Waals surface area contributed by atoms with E-state index in [4.69, 9.17) is 10.8 Å². The number of aromatic nitrogens is 2. The summed E-state index contributed by atoms with van der Waals surface area (Å²) in [5.74, 6) is -0.992. The number of nitrogens with two attached hydrogens (primary N) is 1. The molecule has 1 atom stereocenters. The summed E-state index contributed by atoms with van der Waals surface area (Å²) in [4.78, 5) is 27.0. The molecule has 0 saturated carbocycles. The van der Waals surface area contributed by atoms with Crippen LogP contribution in [0.1, 0.15) is 12.0 Å². The first-order valence-electron chi connectivity index (χ1n) is 5.96. The molecule has 1 aromatic carbocycles. The number of carboxylic acid groups (broad SMARTS) is 1. The molecule has 1 unspecified atom stereocenters. The molecule has 2 aromatic rings. The van der Waals surface area contributed by atoms with Crippen LogP contribution >= 0.6 is 0 Å². The van der Waals surface area contributed by atoms with E-state index < -0.39 is 12.0 Å². The molecule has 0 spiro atoms. The van der Waals surface area contributed by atoms with Gasteiger partial charge in [0.15, 0.2) is 0 Å². The Morgan fingerprint density at radius 2 is 2.11 bits per heavy atom. The molecule has 0 aliphatic carbocycles. The van der Waals surface area contributed by atoms with Gasteiger partial charge in [-0.15, -0.1) is 0 Å². The Bertz CT molecular complexity index is 631. The Morgan fingerprint density at radius 1 is 1.37 bits per heavy atom. The summed E-state index contributed by atoms with van der Waals surface area (Å²) in [6.07, 6.45) is 0.374. The maximum atomic E-state index is 11.1. The fourth-order valence-electron chi connectivity index (χ4n) is 1.80. The van der Waals surface area contributed by atoms with Gasteiger partial charge in [0.1, 0.15) is 6.04 Å². The second kappa shape index (κ2) is 5.68. The van der Waals surface area contributed by atoms with Crippen molar-refractivity contribution in [2.75, 3.05) is 6.54 Å². The maximum Gasteiger partial charge on any atom is 0.323 e. The van der Waals surface area contributed by atoms with Gasteiger partial charge in [-0.3, -0.25) is 4.79 Å². The third-order valence-corrected chi connectivity index (χ3v) is 2.86. The van der Waals surface area contributed by atoms with Crippen LogP contribution in [0.3, 0.4) is 0 Å². The van der Waals surface area contributed by atoms with E-state index in [-0.39, 0.29) is 5.69 Å². The van der Waals surface area contributed by atoms with Gasteiger partial charge in [0, 0.05) is 6.54 Å². The molecule has 1 heterocycles. The Hall–Kier alpha value is -2.12. The van der Waals surface area contributed by atoms with E-state index >= 15 is 0 Å². The van der Waals surface area contributed by atoms with Crippen molar-refractivity contribution < 1.29 is 9.90 Å². The molecule has 0 fully saturated rings. The normalized spacial score (nSPS) is 12.7. The second-order valence-corrected chi connectivity index (χ2v) is 4.37. The molecular formula is C12H16N4O3. The first-order valence-corrected chi connectivity index (χ1v) is 5.96. The predicted molar refractivity (Wildman–Crippen MR) is 70.9 cm³/mol. The third-order valence-electron chi connectivity index (χ3n) is 2.86. The largest absolute Gasteiger partial charge is 0.480 e. The number of benzene rings is 1. The lowest BCUT2D eigenvalue weighted by Crippen LogP contribution is -2.33. The van der Waals surface area contributed by atoms with Crippen molar-refractivity contribution in [1.29, 1.82) is 0 Å². The number of aliphatic carboxylic acids is 1. The number of hydrogen-bond donors (Lipinski definition) is 5. The molecule has 0 bridgehead atoms. The van der Waals surface area contributed by atoms with Gasteiger partial charge < -0.3 is 26.1 Å². The summed E-state index contributed by atoms with van der Waals surface area (Å²) in [5.41, 5.74) is 7.69. The molecular weight excluding hydrogens is 248 g/mol. The lowest BCUT2D eigenvalue weighted by Gasteiger charge is -2.07.